The molecule has 1 heterocycles. The lowest BCUT2D eigenvalue weighted by Gasteiger charge is -2.16. The molecular formula is C12H13N3O4. The zero-order chi connectivity index (χ0) is 14.2. The van der Waals surface area contributed by atoms with Gasteiger partial charge >= 0.3 is 11.7 Å². The molecule has 0 radical (unpaired) electrons. The number of amidine groups is 1. The summed E-state index contributed by atoms with van der Waals surface area (Å²) in [7, 11) is 0. The van der Waals surface area contributed by atoms with E-state index in [-0.39, 0.29) is 0 Å². The highest BCUT2D eigenvalue weighted by Crippen LogP contribution is 2.24. The summed E-state index contributed by atoms with van der Waals surface area (Å²) in [6, 6.07) is 6.74. The lowest BCUT2D eigenvalue weighted by atomic mass is 10.2. The Balaban J connectivity index is 2.37. The molecule has 2 amide bonds. The number of rotatable bonds is 1. The van der Waals surface area contributed by atoms with Crippen LogP contribution in [-0.4, -0.2) is 33.7 Å². The van der Waals surface area contributed by atoms with Gasteiger partial charge in [-0.2, -0.15) is 5.01 Å². The highest BCUT2D eigenvalue weighted by atomic mass is 16.5. The average Bonchev–Trinajstić information content (AvgIpc) is 2.54. The van der Waals surface area contributed by atoms with E-state index in [0.29, 0.717) is 5.69 Å². The van der Waals surface area contributed by atoms with Crippen molar-refractivity contribution in [2.75, 3.05) is 5.01 Å². The van der Waals surface area contributed by atoms with Crippen LogP contribution in [0.3, 0.4) is 0 Å². The third-order valence-corrected chi connectivity index (χ3v) is 2.59. The van der Waals surface area contributed by atoms with Crippen LogP contribution in [0.5, 0.6) is 0 Å². The van der Waals surface area contributed by atoms with E-state index in [0.717, 1.165) is 10.6 Å². The molecular weight excluding hydrogens is 250 g/mol. The van der Waals surface area contributed by atoms with Crippen molar-refractivity contribution >= 4 is 23.3 Å². The minimum absolute atomic E-state index is 0.378. The highest BCUT2D eigenvalue weighted by molar-refractivity contribution is 6.22. The molecule has 0 aliphatic carbocycles. The normalized spacial score (nSPS) is 17.4. The molecule has 1 aliphatic heterocycles. The number of anilines is 1. The van der Waals surface area contributed by atoms with Crippen LogP contribution in [0, 0.1) is 6.92 Å². The molecule has 1 aromatic rings. The lowest BCUT2D eigenvalue weighted by Crippen LogP contribution is -2.52. The minimum atomic E-state index is -2.82. The third kappa shape index (κ3) is 2.33. The van der Waals surface area contributed by atoms with E-state index in [9.17, 15) is 19.8 Å². The third-order valence-electron chi connectivity index (χ3n) is 2.59. The number of carbonyl (C=O) groups excluding carboxylic acids is 2. The molecule has 1 aliphatic rings. The fourth-order valence-electron chi connectivity index (χ4n) is 1.60. The van der Waals surface area contributed by atoms with Gasteiger partial charge in [0, 0.05) is 6.92 Å². The molecule has 3 N–H and O–H groups in total. The topological polar surface area (TPSA) is 102 Å². The van der Waals surface area contributed by atoms with Crippen LogP contribution in [-0.2, 0) is 9.59 Å². The quantitative estimate of drug-likeness (QED) is 0.593. The number of carbonyl (C=O) groups is 2. The standard InChI is InChI=1S/C12H13N3O4/c1-7-3-5-9(6-4-7)15-11(17)12(18,19)10(14-15)13-8(2)16/h3-6,18-19H,1-2H3,(H,13,14,16). The van der Waals surface area contributed by atoms with E-state index in [1.807, 2.05) is 6.92 Å². The van der Waals surface area contributed by atoms with E-state index in [4.69, 9.17) is 0 Å². The number of hydrogen-bond donors (Lipinski definition) is 3. The van der Waals surface area contributed by atoms with Gasteiger partial charge in [-0.05, 0) is 19.1 Å². The van der Waals surface area contributed by atoms with E-state index in [1.54, 1.807) is 24.3 Å². The Bertz CT molecular complexity index is 563. The smallest absolute Gasteiger partial charge is 0.315 e. The first-order valence-corrected chi connectivity index (χ1v) is 5.55. The van der Waals surface area contributed by atoms with Gasteiger partial charge in [-0.25, -0.2) is 0 Å². The largest absolute Gasteiger partial charge is 0.352 e. The molecule has 7 heteroatoms. The van der Waals surface area contributed by atoms with Gasteiger partial charge in [0.25, 0.3) is 0 Å². The fraction of sp³-hybridized carbons (Fsp3) is 0.250. The number of nitrogens with zero attached hydrogens (tertiary/aromatic N) is 2. The molecule has 100 valence electrons. The lowest BCUT2D eigenvalue weighted by molar-refractivity contribution is -0.156. The fourth-order valence-corrected chi connectivity index (χ4v) is 1.60. The SMILES string of the molecule is CC(=O)NC1=NN(c2ccc(C)cc2)C(=O)C1(O)O. The van der Waals surface area contributed by atoms with Crippen LogP contribution in [0.2, 0.25) is 0 Å². The number of amides is 2. The molecule has 0 spiro atoms. The van der Waals surface area contributed by atoms with Crippen molar-refractivity contribution in [3.8, 4) is 0 Å². The Kier molecular flexibility index (Phi) is 3.09. The summed E-state index contributed by atoms with van der Waals surface area (Å²) in [5.74, 6) is -4.92. The maximum absolute atomic E-state index is 11.9. The van der Waals surface area contributed by atoms with E-state index in [2.05, 4.69) is 10.4 Å². The molecule has 0 atom stereocenters. The number of hydrazone groups is 1. The van der Waals surface area contributed by atoms with E-state index in [1.165, 1.54) is 6.92 Å². The molecule has 0 bridgehead atoms. The number of hydrogen-bond acceptors (Lipinski definition) is 5. The van der Waals surface area contributed by atoms with Crippen LogP contribution >= 0.6 is 0 Å². The van der Waals surface area contributed by atoms with E-state index < -0.39 is 23.4 Å². The Morgan fingerprint density at radius 1 is 1.32 bits per heavy atom. The van der Waals surface area contributed by atoms with Gasteiger partial charge in [-0.15, -0.1) is 5.10 Å². The summed E-state index contributed by atoms with van der Waals surface area (Å²) in [6.07, 6.45) is 0. The van der Waals surface area contributed by atoms with Crippen molar-refractivity contribution in [1.82, 2.24) is 5.32 Å². The van der Waals surface area contributed by atoms with Gasteiger partial charge in [0.2, 0.25) is 5.91 Å². The van der Waals surface area contributed by atoms with Gasteiger partial charge in [-0.1, -0.05) is 17.7 Å². The summed E-state index contributed by atoms with van der Waals surface area (Å²) >= 11 is 0. The zero-order valence-electron chi connectivity index (χ0n) is 10.4. The van der Waals surface area contributed by atoms with Crippen LogP contribution < -0.4 is 10.3 Å². The number of nitrogens with one attached hydrogen (secondary N) is 1. The zero-order valence-corrected chi connectivity index (χ0v) is 10.4. The Morgan fingerprint density at radius 2 is 1.89 bits per heavy atom. The molecule has 0 aromatic heterocycles. The van der Waals surface area contributed by atoms with Crippen LogP contribution in [0.1, 0.15) is 12.5 Å². The van der Waals surface area contributed by atoms with Gasteiger partial charge in [0.1, 0.15) is 0 Å². The van der Waals surface area contributed by atoms with Crippen LogP contribution in [0.4, 0.5) is 5.69 Å². The molecule has 0 saturated heterocycles. The summed E-state index contributed by atoms with van der Waals surface area (Å²) < 4.78 is 0. The minimum Gasteiger partial charge on any atom is -0.352 e. The number of aryl methyl sites for hydroxylation is 1. The average molecular weight is 263 g/mol. The summed E-state index contributed by atoms with van der Waals surface area (Å²) in [5, 5.41) is 26.0. The van der Waals surface area contributed by atoms with Crippen molar-refractivity contribution in [2.24, 2.45) is 5.10 Å². The summed E-state index contributed by atoms with van der Waals surface area (Å²) in [5.41, 5.74) is 1.36. The van der Waals surface area contributed by atoms with Crippen molar-refractivity contribution in [2.45, 2.75) is 19.6 Å². The van der Waals surface area contributed by atoms with Gasteiger partial charge in [-0.3, -0.25) is 9.59 Å². The van der Waals surface area contributed by atoms with E-state index >= 15 is 0 Å². The van der Waals surface area contributed by atoms with Gasteiger partial charge < -0.3 is 15.5 Å². The first-order chi connectivity index (χ1) is 8.82. The second kappa shape index (κ2) is 4.45. The molecule has 7 nitrogen and oxygen atoms in total. The first kappa shape index (κ1) is 13.2. The Labute approximate surface area is 109 Å². The van der Waals surface area contributed by atoms with Crippen LogP contribution in [0.25, 0.3) is 0 Å². The first-order valence-electron chi connectivity index (χ1n) is 5.55. The van der Waals surface area contributed by atoms with Crippen molar-refractivity contribution in [3.63, 3.8) is 0 Å². The van der Waals surface area contributed by atoms with Crippen LogP contribution in [0.15, 0.2) is 29.4 Å². The van der Waals surface area contributed by atoms with Crippen molar-refractivity contribution in [3.05, 3.63) is 29.8 Å². The molecule has 0 fully saturated rings. The monoisotopic (exact) mass is 263 g/mol. The molecule has 2 rings (SSSR count). The Hall–Kier alpha value is -2.25. The highest BCUT2D eigenvalue weighted by Gasteiger charge is 2.50. The number of aliphatic hydroxyl groups is 2. The predicted octanol–water partition coefficient (Wildman–Crippen LogP) is -0.528. The predicted molar refractivity (Wildman–Crippen MR) is 67.1 cm³/mol. The molecule has 1 aromatic carbocycles. The second-order valence-electron chi connectivity index (χ2n) is 4.25. The van der Waals surface area contributed by atoms with Crippen molar-refractivity contribution in [1.29, 1.82) is 0 Å². The maximum Gasteiger partial charge on any atom is 0.315 e. The summed E-state index contributed by atoms with van der Waals surface area (Å²) in [4.78, 5) is 22.8. The van der Waals surface area contributed by atoms with Gasteiger partial charge in [0.15, 0.2) is 5.84 Å². The Morgan fingerprint density at radius 3 is 2.42 bits per heavy atom. The maximum atomic E-state index is 11.9. The second-order valence-corrected chi connectivity index (χ2v) is 4.25. The van der Waals surface area contributed by atoms with Crippen molar-refractivity contribution < 1.29 is 19.8 Å². The number of benzene rings is 1. The van der Waals surface area contributed by atoms with Gasteiger partial charge in [0.05, 0.1) is 5.69 Å². The molecule has 0 saturated carbocycles. The molecule has 19 heavy (non-hydrogen) atoms. The summed E-state index contributed by atoms with van der Waals surface area (Å²) in [6.45, 7) is 3.06. The molecule has 0 unspecified atom stereocenters.